The van der Waals surface area contributed by atoms with Gasteiger partial charge in [-0.05, 0) is 35.7 Å². The molecule has 1 saturated heterocycles. The maximum Gasteiger partial charge on any atom is 0.349 e. The van der Waals surface area contributed by atoms with Crippen LogP contribution in [0.4, 0.5) is 5.13 Å². The highest BCUT2D eigenvalue weighted by Gasteiger charge is 2.26. The average molecular weight is 432 g/mol. The topological polar surface area (TPSA) is 88.6 Å². The predicted octanol–water partition coefficient (Wildman–Crippen LogP) is 3.03. The molecule has 1 N–H and O–H groups in total. The number of piperidine rings is 1. The number of nitrogens with zero attached hydrogens (tertiary/aromatic N) is 2. The Morgan fingerprint density at radius 3 is 2.62 bits per heavy atom. The number of nitrogens with one attached hydrogen (secondary N) is 1. The summed E-state index contributed by atoms with van der Waals surface area (Å²) in [6.07, 6.45) is 2.85. The quantitative estimate of drug-likeness (QED) is 0.625. The minimum Gasteiger partial charge on any atom is -0.465 e. The Kier molecular flexibility index (Phi) is 5.53. The van der Waals surface area contributed by atoms with E-state index < -0.39 is 16.0 Å². The summed E-state index contributed by atoms with van der Waals surface area (Å²) in [7, 11) is -2.24. The maximum atomic E-state index is 12.8. The highest BCUT2D eigenvalue weighted by molar-refractivity contribution is 7.89. The van der Waals surface area contributed by atoms with Crippen LogP contribution < -0.4 is 9.62 Å². The number of ether oxygens (including phenoxy) is 1. The van der Waals surface area contributed by atoms with Gasteiger partial charge in [0.2, 0.25) is 10.0 Å². The van der Waals surface area contributed by atoms with Crippen molar-refractivity contribution in [1.82, 2.24) is 9.71 Å². The summed E-state index contributed by atoms with van der Waals surface area (Å²) in [5, 5.41) is 2.66. The van der Waals surface area contributed by atoms with Crippen molar-refractivity contribution in [2.45, 2.75) is 23.8 Å². The zero-order valence-corrected chi connectivity index (χ0v) is 17.5. The van der Waals surface area contributed by atoms with Gasteiger partial charge in [0.25, 0.3) is 0 Å². The van der Waals surface area contributed by atoms with Gasteiger partial charge in [0.15, 0.2) is 5.13 Å². The molecule has 0 aliphatic carbocycles. The molecular weight excluding hydrogens is 410 g/mol. The van der Waals surface area contributed by atoms with Crippen LogP contribution in [0.5, 0.6) is 0 Å². The lowest BCUT2D eigenvalue weighted by atomic mass is 10.1. The van der Waals surface area contributed by atoms with Gasteiger partial charge in [0.1, 0.15) is 4.88 Å². The molecule has 0 radical (unpaired) electrons. The Morgan fingerprint density at radius 2 is 1.90 bits per heavy atom. The van der Waals surface area contributed by atoms with Crippen LogP contribution in [0, 0.1) is 0 Å². The molecule has 29 heavy (non-hydrogen) atoms. The Morgan fingerprint density at radius 1 is 1.17 bits per heavy atom. The molecule has 9 heteroatoms. The number of rotatable bonds is 5. The second-order valence-corrected chi connectivity index (χ2v) is 9.61. The molecule has 3 aromatic rings. The Labute approximate surface area is 173 Å². The van der Waals surface area contributed by atoms with Crippen LogP contribution in [0.1, 0.15) is 22.5 Å². The second-order valence-electron chi connectivity index (χ2n) is 6.89. The summed E-state index contributed by atoms with van der Waals surface area (Å²) in [6.45, 7) is 1.33. The number of carbonyl (C=O) groups excluding carboxylic acids is 1. The number of fused-ring (bicyclic) bond motifs is 1. The molecule has 1 aliphatic heterocycles. The summed E-state index contributed by atoms with van der Waals surface area (Å²) >= 11 is 1.29. The van der Waals surface area contributed by atoms with Gasteiger partial charge < -0.3 is 9.64 Å². The third-order valence-corrected chi connectivity index (χ3v) is 7.55. The van der Waals surface area contributed by atoms with E-state index in [1.807, 2.05) is 30.3 Å². The number of sulfonamides is 1. The number of carbonyl (C=O) groups is 1. The third-order valence-electron chi connectivity index (χ3n) is 5.00. The number of methoxy groups -OCH3 is 1. The van der Waals surface area contributed by atoms with E-state index in [-0.39, 0.29) is 10.9 Å². The van der Waals surface area contributed by atoms with Crippen molar-refractivity contribution in [2.24, 2.45) is 0 Å². The molecule has 0 bridgehead atoms. The van der Waals surface area contributed by atoms with Crippen molar-refractivity contribution in [3.63, 3.8) is 0 Å². The molecule has 0 saturated carbocycles. The molecule has 0 amide bonds. The zero-order valence-electron chi connectivity index (χ0n) is 15.9. The number of thiazole rings is 1. The molecule has 1 aliphatic rings. The fraction of sp³-hybridized carbons (Fsp3) is 0.300. The van der Waals surface area contributed by atoms with Crippen LogP contribution in [0.25, 0.3) is 10.8 Å². The number of hydrogen-bond donors (Lipinski definition) is 1. The fourth-order valence-electron chi connectivity index (χ4n) is 3.42. The third kappa shape index (κ3) is 4.26. The Hall–Kier alpha value is -2.49. The van der Waals surface area contributed by atoms with Gasteiger partial charge in [-0.1, -0.05) is 41.7 Å². The average Bonchev–Trinajstić information content (AvgIpc) is 3.23. The first-order valence-corrected chi connectivity index (χ1v) is 11.6. The first-order chi connectivity index (χ1) is 14.0. The van der Waals surface area contributed by atoms with E-state index in [1.165, 1.54) is 24.6 Å². The summed E-state index contributed by atoms with van der Waals surface area (Å²) in [5.41, 5.74) is 0. The number of hydrogen-bond acceptors (Lipinski definition) is 7. The van der Waals surface area contributed by atoms with Crippen molar-refractivity contribution in [1.29, 1.82) is 0 Å². The molecule has 2 heterocycles. The normalized spacial score (nSPS) is 15.6. The number of anilines is 1. The molecule has 4 rings (SSSR count). The lowest BCUT2D eigenvalue weighted by Gasteiger charge is -2.32. The Bertz CT molecular complexity index is 1140. The van der Waals surface area contributed by atoms with Gasteiger partial charge in [0, 0.05) is 19.1 Å². The van der Waals surface area contributed by atoms with Crippen LogP contribution in [0.2, 0.25) is 0 Å². The first-order valence-electron chi connectivity index (χ1n) is 9.26. The van der Waals surface area contributed by atoms with Crippen LogP contribution in [-0.2, 0) is 14.8 Å². The van der Waals surface area contributed by atoms with Crippen molar-refractivity contribution in [2.75, 3.05) is 25.1 Å². The summed E-state index contributed by atoms with van der Waals surface area (Å²) in [5.74, 6) is -0.396. The van der Waals surface area contributed by atoms with Gasteiger partial charge >= 0.3 is 5.97 Å². The largest absolute Gasteiger partial charge is 0.465 e. The number of esters is 1. The molecular formula is C20H21N3O4S2. The minimum atomic E-state index is -3.59. The maximum absolute atomic E-state index is 12.8. The van der Waals surface area contributed by atoms with Crippen molar-refractivity contribution in [3.8, 4) is 0 Å². The second kappa shape index (κ2) is 8.10. The number of benzene rings is 2. The van der Waals surface area contributed by atoms with Crippen molar-refractivity contribution < 1.29 is 17.9 Å². The van der Waals surface area contributed by atoms with Crippen LogP contribution >= 0.6 is 11.3 Å². The van der Waals surface area contributed by atoms with Gasteiger partial charge in [-0.2, -0.15) is 0 Å². The highest BCUT2D eigenvalue weighted by atomic mass is 32.2. The van der Waals surface area contributed by atoms with Gasteiger partial charge in [-0.25, -0.2) is 22.9 Å². The number of aromatic nitrogens is 1. The molecule has 1 fully saturated rings. The Balaban J connectivity index is 1.40. The van der Waals surface area contributed by atoms with E-state index in [1.54, 1.807) is 12.1 Å². The van der Waals surface area contributed by atoms with Gasteiger partial charge in [-0.15, -0.1) is 0 Å². The monoisotopic (exact) mass is 431 g/mol. The van der Waals surface area contributed by atoms with E-state index >= 15 is 0 Å². The summed E-state index contributed by atoms with van der Waals surface area (Å²) < 4.78 is 33.2. The van der Waals surface area contributed by atoms with E-state index in [0.29, 0.717) is 30.8 Å². The summed E-state index contributed by atoms with van der Waals surface area (Å²) in [6, 6.07) is 12.7. The van der Waals surface area contributed by atoms with E-state index in [0.717, 1.165) is 15.9 Å². The highest BCUT2D eigenvalue weighted by Crippen LogP contribution is 2.27. The minimum absolute atomic E-state index is 0.136. The predicted molar refractivity (Wildman–Crippen MR) is 113 cm³/mol. The first kappa shape index (κ1) is 19.8. The SMILES string of the molecule is COC(=O)c1cnc(N2CCC(NS(=O)(=O)c3ccc4ccccc4c3)CC2)s1. The lowest BCUT2D eigenvalue weighted by Crippen LogP contribution is -2.44. The fourth-order valence-corrected chi connectivity index (χ4v) is 5.64. The zero-order chi connectivity index (χ0) is 20.4. The smallest absolute Gasteiger partial charge is 0.349 e. The molecule has 0 atom stereocenters. The van der Waals surface area contributed by atoms with E-state index in [2.05, 4.69) is 14.6 Å². The summed E-state index contributed by atoms with van der Waals surface area (Å²) in [4.78, 5) is 18.7. The van der Waals surface area contributed by atoms with E-state index in [4.69, 9.17) is 4.74 Å². The molecule has 0 spiro atoms. The standard InChI is InChI=1S/C20H21N3O4S2/c1-27-19(24)18-13-21-20(28-18)23-10-8-16(9-11-23)22-29(25,26)17-7-6-14-4-2-3-5-15(14)12-17/h2-7,12-13,16,22H,8-11H2,1H3. The molecule has 1 aromatic heterocycles. The van der Waals surface area contributed by atoms with Crippen LogP contribution in [0.3, 0.4) is 0 Å². The molecule has 7 nitrogen and oxygen atoms in total. The molecule has 0 unspecified atom stereocenters. The van der Waals surface area contributed by atoms with E-state index in [9.17, 15) is 13.2 Å². The molecule has 2 aromatic carbocycles. The molecule has 152 valence electrons. The van der Waals surface area contributed by atoms with Crippen molar-refractivity contribution in [3.05, 3.63) is 53.5 Å². The van der Waals surface area contributed by atoms with Gasteiger partial charge in [0.05, 0.1) is 18.2 Å². The van der Waals surface area contributed by atoms with Crippen LogP contribution in [0.15, 0.2) is 53.6 Å². The van der Waals surface area contributed by atoms with Crippen LogP contribution in [-0.4, -0.2) is 45.6 Å². The lowest BCUT2D eigenvalue weighted by molar-refractivity contribution is 0.0606. The van der Waals surface area contributed by atoms with Gasteiger partial charge in [-0.3, -0.25) is 0 Å². The van der Waals surface area contributed by atoms with Crippen molar-refractivity contribution >= 4 is 43.2 Å².